The van der Waals surface area contributed by atoms with E-state index in [-0.39, 0.29) is 23.3 Å². The minimum Gasteiger partial charge on any atom is -0.377 e. The van der Waals surface area contributed by atoms with Crippen molar-refractivity contribution in [1.82, 2.24) is 24.6 Å². The van der Waals surface area contributed by atoms with Gasteiger partial charge >= 0.3 is 0 Å². The number of hydrogen-bond acceptors (Lipinski definition) is 6. The molecule has 4 rings (SSSR count). The Balaban J connectivity index is 1.45. The average molecular weight is 371 g/mol. The number of carbonyl (C=O) groups excluding carboxylic acids is 1. The van der Waals surface area contributed by atoms with E-state index in [1.807, 2.05) is 17.0 Å². The zero-order valence-corrected chi connectivity index (χ0v) is 15.6. The van der Waals surface area contributed by atoms with Gasteiger partial charge in [-0.2, -0.15) is 0 Å². The monoisotopic (exact) mass is 371 g/mol. The molecule has 0 bridgehead atoms. The number of likely N-dealkylation sites (tertiary alicyclic amines) is 1. The lowest BCUT2D eigenvalue weighted by Gasteiger charge is -2.50. The fourth-order valence-corrected chi connectivity index (χ4v) is 4.10. The molecular weight excluding hydrogens is 346 g/mol. The van der Waals surface area contributed by atoms with Crippen LogP contribution in [0.5, 0.6) is 0 Å². The first-order valence-corrected chi connectivity index (χ1v) is 9.39. The van der Waals surface area contributed by atoms with Crippen LogP contribution in [0.3, 0.4) is 0 Å². The van der Waals surface area contributed by atoms with E-state index < -0.39 is 0 Å². The molecule has 2 fully saturated rings. The lowest BCUT2D eigenvalue weighted by atomic mass is 9.73. The number of amides is 1. The Morgan fingerprint density at radius 1 is 1.41 bits per heavy atom. The van der Waals surface area contributed by atoms with Gasteiger partial charge in [-0.15, -0.1) is 5.10 Å². The Kier molecular flexibility index (Phi) is 5.18. The molecule has 2 atom stereocenters. The van der Waals surface area contributed by atoms with Gasteiger partial charge in [-0.25, -0.2) is 4.98 Å². The second-order valence-electron chi connectivity index (χ2n) is 7.43. The zero-order chi connectivity index (χ0) is 18.7. The van der Waals surface area contributed by atoms with Crippen LogP contribution in [0.4, 0.5) is 0 Å². The zero-order valence-electron chi connectivity index (χ0n) is 15.6. The van der Waals surface area contributed by atoms with E-state index >= 15 is 0 Å². The fourth-order valence-electron chi connectivity index (χ4n) is 4.10. The van der Waals surface area contributed by atoms with Gasteiger partial charge in [-0.05, 0) is 37.0 Å². The van der Waals surface area contributed by atoms with E-state index in [4.69, 9.17) is 9.47 Å². The highest BCUT2D eigenvalue weighted by molar-refractivity contribution is 5.90. The van der Waals surface area contributed by atoms with Crippen LogP contribution in [0.2, 0.25) is 0 Å². The molecule has 2 aliphatic rings. The van der Waals surface area contributed by atoms with Crippen molar-refractivity contribution in [2.45, 2.75) is 32.0 Å². The third-order valence-electron chi connectivity index (χ3n) is 5.47. The minimum atomic E-state index is -0.173. The normalized spacial score (nSPS) is 25.2. The molecular formula is C19H25N5O3. The van der Waals surface area contributed by atoms with Crippen molar-refractivity contribution in [2.24, 2.45) is 12.5 Å². The van der Waals surface area contributed by atoms with Crippen LogP contribution in [0, 0.1) is 5.41 Å². The van der Waals surface area contributed by atoms with Crippen LogP contribution in [-0.2, 0) is 23.1 Å². The summed E-state index contributed by atoms with van der Waals surface area (Å²) >= 11 is 0. The summed E-state index contributed by atoms with van der Waals surface area (Å²) in [7, 11) is 1.76. The Morgan fingerprint density at radius 2 is 2.26 bits per heavy atom. The molecule has 8 heteroatoms. The molecule has 4 heterocycles. The summed E-state index contributed by atoms with van der Waals surface area (Å²) in [5.41, 5.74) is 0.921. The van der Waals surface area contributed by atoms with Crippen LogP contribution in [0.25, 0.3) is 0 Å². The number of ether oxygens (including phenoxy) is 2. The number of pyridine rings is 1. The number of piperidine rings is 1. The first-order chi connectivity index (χ1) is 13.2. The molecule has 2 aliphatic heterocycles. The molecule has 0 aliphatic carbocycles. The summed E-state index contributed by atoms with van der Waals surface area (Å²) in [6.07, 6.45) is 8.01. The Bertz CT molecular complexity index is 781. The number of carbonyl (C=O) groups is 1. The number of aryl methyl sites for hydroxylation is 1. The molecule has 2 aromatic rings. The van der Waals surface area contributed by atoms with Gasteiger partial charge in [0.25, 0.3) is 5.91 Å². The Hall–Kier alpha value is -2.32. The summed E-state index contributed by atoms with van der Waals surface area (Å²) in [6, 6.07) is 3.91. The van der Waals surface area contributed by atoms with E-state index in [0.717, 1.165) is 31.4 Å². The van der Waals surface area contributed by atoms with E-state index in [9.17, 15) is 4.79 Å². The second-order valence-corrected chi connectivity index (χ2v) is 7.43. The first kappa shape index (κ1) is 18.1. The Labute approximate surface area is 158 Å². The maximum Gasteiger partial charge on any atom is 0.293 e. The van der Waals surface area contributed by atoms with E-state index in [1.54, 1.807) is 30.5 Å². The van der Waals surface area contributed by atoms with Crippen molar-refractivity contribution in [3.8, 4) is 0 Å². The number of nitrogens with zero attached hydrogens (tertiary/aromatic N) is 5. The number of hydrogen-bond donors (Lipinski definition) is 0. The SMILES string of the molecule is Cn1cnc(C(=O)N2CC[C@@H]3OCCC[C@]3(COCc3ccncc3)C2)n1. The van der Waals surface area contributed by atoms with Crippen molar-refractivity contribution in [3.63, 3.8) is 0 Å². The summed E-state index contributed by atoms with van der Waals surface area (Å²) in [6.45, 7) is 3.16. The standard InChI is InChI=1S/C19H25N5O3/c1-23-14-21-17(22-23)18(25)24-9-5-16-19(12-24,6-2-10-27-16)13-26-11-15-3-7-20-8-4-15/h3-4,7-8,14,16H,2,5-6,9-13H2,1H3/t16-,19+/m0/s1. The van der Waals surface area contributed by atoms with E-state index in [0.29, 0.717) is 26.3 Å². The molecule has 0 N–H and O–H groups in total. The molecule has 0 saturated carbocycles. The second kappa shape index (κ2) is 7.74. The lowest BCUT2D eigenvalue weighted by molar-refractivity contribution is -0.149. The third kappa shape index (κ3) is 3.86. The molecule has 2 saturated heterocycles. The van der Waals surface area contributed by atoms with E-state index in [1.165, 1.54) is 0 Å². The first-order valence-electron chi connectivity index (χ1n) is 9.39. The van der Waals surface area contributed by atoms with Crippen LogP contribution in [-0.4, -0.2) is 63.0 Å². The molecule has 2 aromatic heterocycles. The van der Waals surface area contributed by atoms with Crippen molar-refractivity contribution >= 4 is 5.91 Å². The highest BCUT2D eigenvalue weighted by Gasteiger charge is 2.47. The molecule has 0 aromatic carbocycles. The van der Waals surface area contributed by atoms with Crippen LogP contribution in [0.15, 0.2) is 30.9 Å². The summed E-state index contributed by atoms with van der Waals surface area (Å²) < 4.78 is 13.7. The maximum atomic E-state index is 12.8. The van der Waals surface area contributed by atoms with Gasteiger partial charge < -0.3 is 14.4 Å². The largest absolute Gasteiger partial charge is 0.377 e. The van der Waals surface area contributed by atoms with Crippen molar-refractivity contribution in [2.75, 3.05) is 26.3 Å². The summed E-state index contributed by atoms with van der Waals surface area (Å²) in [4.78, 5) is 22.8. The van der Waals surface area contributed by atoms with Gasteiger partial charge in [0.15, 0.2) is 0 Å². The minimum absolute atomic E-state index is 0.117. The molecule has 8 nitrogen and oxygen atoms in total. The van der Waals surface area contributed by atoms with Gasteiger partial charge in [0.1, 0.15) is 6.33 Å². The number of rotatable bonds is 5. The molecule has 144 valence electrons. The van der Waals surface area contributed by atoms with Gasteiger partial charge in [0.2, 0.25) is 5.82 Å². The van der Waals surface area contributed by atoms with Gasteiger partial charge in [0.05, 0.1) is 19.3 Å². The quantitative estimate of drug-likeness (QED) is 0.791. The predicted molar refractivity (Wildman–Crippen MR) is 96.8 cm³/mol. The van der Waals surface area contributed by atoms with Gasteiger partial charge in [-0.3, -0.25) is 14.5 Å². The van der Waals surface area contributed by atoms with Crippen LogP contribution >= 0.6 is 0 Å². The smallest absolute Gasteiger partial charge is 0.293 e. The van der Waals surface area contributed by atoms with E-state index in [2.05, 4.69) is 15.1 Å². The number of fused-ring (bicyclic) bond motifs is 1. The topological polar surface area (TPSA) is 82.4 Å². The highest BCUT2D eigenvalue weighted by atomic mass is 16.5. The summed E-state index contributed by atoms with van der Waals surface area (Å²) in [5.74, 6) is 0.133. The highest BCUT2D eigenvalue weighted by Crippen LogP contribution is 2.40. The summed E-state index contributed by atoms with van der Waals surface area (Å²) in [5, 5.41) is 4.16. The third-order valence-corrected chi connectivity index (χ3v) is 5.47. The van der Waals surface area contributed by atoms with Gasteiger partial charge in [0, 0.05) is 44.6 Å². The molecule has 27 heavy (non-hydrogen) atoms. The van der Waals surface area contributed by atoms with Crippen LogP contribution < -0.4 is 0 Å². The maximum absolute atomic E-state index is 12.8. The van der Waals surface area contributed by atoms with Crippen molar-refractivity contribution in [1.29, 1.82) is 0 Å². The van der Waals surface area contributed by atoms with Crippen LogP contribution in [0.1, 0.15) is 35.4 Å². The number of aromatic nitrogens is 4. The van der Waals surface area contributed by atoms with Crippen molar-refractivity contribution < 1.29 is 14.3 Å². The average Bonchev–Trinajstić information content (AvgIpc) is 3.14. The van der Waals surface area contributed by atoms with Gasteiger partial charge in [-0.1, -0.05) is 0 Å². The molecule has 0 radical (unpaired) electrons. The fraction of sp³-hybridized carbons (Fsp3) is 0.579. The molecule has 0 spiro atoms. The molecule has 1 amide bonds. The predicted octanol–water partition coefficient (Wildman–Crippen LogP) is 1.44. The lowest BCUT2D eigenvalue weighted by Crippen LogP contribution is -2.58. The molecule has 0 unspecified atom stereocenters. The van der Waals surface area contributed by atoms with Crippen molar-refractivity contribution in [3.05, 3.63) is 42.2 Å². The Morgan fingerprint density at radius 3 is 3.04 bits per heavy atom.